The van der Waals surface area contributed by atoms with Crippen LogP contribution < -0.4 is 10.1 Å². The standard InChI is InChI=1S/C14H16FNO2/c1-9(16-2)12-6-7-14(18-12)11-8-10(15)4-5-13(11)17-3/h4-9,16H,1-3H3. The van der Waals surface area contributed by atoms with Crippen molar-refractivity contribution in [3.05, 3.63) is 41.9 Å². The first kappa shape index (κ1) is 12.6. The molecule has 0 fully saturated rings. The Kier molecular flexibility index (Phi) is 3.67. The lowest BCUT2D eigenvalue weighted by Gasteiger charge is -2.08. The molecule has 1 aromatic carbocycles. The van der Waals surface area contributed by atoms with Gasteiger partial charge in [-0.2, -0.15) is 0 Å². The van der Waals surface area contributed by atoms with E-state index in [0.717, 1.165) is 5.76 Å². The van der Waals surface area contributed by atoms with Crippen molar-refractivity contribution in [2.45, 2.75) is 13.0 Å². The van der Waals surface area contributed by atoms with Crippen LogP contribution >= 0.6 is 0 Å². The van der Waals surface area contributed by atoms with E-state index in [1.54, 1.807) is 13.2 Å². The monoisotopic (exact) mass is 249 g/mol. The van der Waals surface area contributed by atoms with Gasteiger partial charge in [-0.05, 0) is 44.3 Å². The van der Waals surface area contributed by atoms with Crippen molar-refractivity contribution in [2.24, 2.45) is 0 Å². The molecule has 1 unspecified atom stereocenters. The first-order valence-electron chi connectivity index (χ1n) is 5.76. The minimum Gasteiger partial charge on any atom is -0.496 e. The predicted octanol–water partition coefficient (Wildman–Crippen LogP) is 3.37. The smallest absolute Gasteiger partial charge is 0.138 e. The number of ether oxygens (including phenoxy) is 1. The van der Waals surface area contributed by atoms with Crippen LogP contribution in [0.1, 0.15) is 18.7 Å². The van der Waals surface area contributed by atoms with Gasteiger partial charge >= 0.3 is 0 Å². The second kappa shape index (κ2) is 5.23. The maximum Gasteiger partial charge on any atom is 0.138 e. The highest BCUT2D eigenvalue weighted by molar-refractivity contribution is 5.66. The number of hydrogen-bond acceptors (Lipinski definition) is 3. The summed E-state index contributed by atoms with van der Waals surface area (Å²) in [7, 11) is 3.41. The van der Waals surface area contributed by atoms with Gasteiger partial charge < -0.3 is 14.5 Å². The summed E-state index contributed by atoms with van der Waals surface area (Å²) in [6, 6.07) is 8.17. The van der Waals surface area contributed by atoms with Gasteiger partial charge in [-0.25, -0.2) is 4.39 Å². The lowest BCUT2D eigenvalue weighted by atomic mass is 10.1. The highest BCUT2D eigenvalue weighted by atomic mass is 19.1. The van der Waals surface area contributed by atoms with Crippen molar-refractivity contribution >= 4 is 0 Å². The van der Waals surface area contributed by atoms with E-state index in [1.165, 1.54) is 12.1 Å². The lowest BCUT2D eigenvalue weighted by molar-refractivity contribution is 0.411. The number of rotatable bonds is 4. The number of benzene rings is 1. The van der Waals surface area contributed by atoms with Crippen LogP contribution in [-0.4, -0.2) is 14.2 Å². The Morgan fingerprint density at radius 2 is 2.06 bits per heavy atom. The lowest BCUT2D eigenvalue weighted by Crippen LogP contribution is -2.11. The van der Waals surface area contributed by atoms with Gasteiger partial charge in [0.2, 0.25) is 0 Å². The topological polar surface area (TPSA) is 34.4 Å². The third-order valence-corrected chi connectivity index (χ3v) is 2.91. The van der Waals surface area contributed by atoms with E-state index in [1.807, 2.05) is 26.1 Å². The van der Waals surface area contributed by atoms with Crippen molar-refractivity contribution in [1.82, 2.24) is 5.32 Å². The highest BCUT2D eigenvalue weighted by Crippen LogP contribution is 2.33. The second-order valence-electron chi connectivity index (χ2n) is 4.06. The van der Waals surface area contributed by atoms with Gasteiger partial charge in [0, 0.05) is 0 Å². The molecule has 96 valence electrons. The molecule has 0 saturated carbocycles. The maximum absolute atomic E-state index is 13.3. The molecule has 2 aromatic rings. The van der Waals surface area contributed by atoms with Gasteiger partial charge in [0.05, 0.1) is 18.7 Å². The molecule has 2 rings (SSSR count). The molecular formula is C14H16FNO2. The number of halogens is 1. The molecule has 0 aliphatic heterocycles. The number of furan rings is 1. The van der Waals surface area contributed by atoms with Gasteiger partial charge in [0.1, 0.15) is 23.1 Å². The molecule has 0 spiro atoms. The molecule has 0 amide bonds. The van der Waals surface area contributed by atoms with Crippen molar-refractivity contribution < 1.29 is 13.5 Å². The third-order valence-electron chi connectivity index (χ3n) is 2.91. The minimum atomic E-state index is -0.314. The van der Waals surface area contributed by atoms with Crippen molar-refractivity contribution in [3.63, 3.8) is 0 Å². The van der Waals surface area contributed by atoms with E-state index in [-0.39, 0.29) is 11.9 Å². The summed E-state index contributed by atoms with van der Waals surface area (Å²) in [6.45, 7) is 1.99. The second-order valence-corrected chi connectivity index (χ2v) is 4.06. The SMILES string of the molecule is CNC(C)c1ccc(-c2cc(F)ccc2OC)o1. The molecule has 3 nitrogen and oxygen atoms in total. The van der Waals surface area contributed by atoms with E-state index in [2.05, 4.69) is 5.32 Å². The van der Waals surface area contributed by atoms with Crippen LogP contribution in [0.4, 0.5) is 4.39 Å². The van der Waals surface area contributed by atoms with Crippen LogP contribution in [-0.2, 0) is 0 Å². The fourth-order valence-electron chi connectivity index (χ4n) is 1.75. The predicted molar refractivity (Wildman–Crippen MR) is 68.1 cm³/mol. The van der Waals surface area contributed by atoms with E-state index in [9.17, 15) is 4.39 Å². The summed E-state index contributed by atoms with van der Waals surface area (Å²) in [4.78, 5) is 0. The molecule has 0 aliphatic carbocycles. The fourth-order valence-corrected chi connectivity index (χ4v) is 1.75. The fraction of sp³-hybridized carbons (Fsp3) is 0.286. The van der Waals surface area contributed by atoms with Crippen molar-refractivity contribution in [3.8, 4) is 17.1 Å². The summed E-state index contributed by atoms with van der Waals surface area (Å²) in [6.07, 6.45) is 0. The molecule has 1 N–H and O–H groups in total. The van der Waals surface area contributed by atoms with Crippen LogP contribution in [0.3, 0.4) is 0 Å². The average Bonchev–Trinajstić information content (AvgIpc) is 2.87. The normalized spacial score (nSPS) is 12.4. The summed E-state index contributed by atoms with van der Waals surface area (Å²) >= 11 is 0. The number of hydrogen-bond donors (Lipinski definition) is 1. The largest absolute Gasteiger partial charge is 0.496 e. The Morgan fingerprint density at radius 3 is 2.72 bits per heavy atom. The van der Waals surface area contributed by atoms with Crippen LogP contribution in [0.25, 0.3) is 11.3 Å². The molecule has 1 heterocycles. The Hall–Kier alpha value is -1.81. The Labute approximate surface area is 106 Å². The molecule has 0 radical (unpaired) electrons. The zero-order valence-corrected chi connectivity index (χ0v) is 10.7. The quantitative estimate of drug-likeness (QED) is 0.902. The van der Waals surface area contributed by atoms with E-state index in [0.29, 0.717) is 17.1 Å². The van der Waals surface area contributed by atoms with Gasteiger partial charge in [-0.3, -0.25) is 0 Å². The van der Waals surface area contributed by atoms with Crippen LogP contribution in [0, 0.1) is 5.82 Å². The zero-order valence-electron chi connectivity index (χ0n) is 10.7. The van der Waals surface area contributed by atoms with Gasteiger partial charge in [-0.1, -0.05) is 0 Å². The van der Waals surface area contributed by atoms with Crippen molar-refractivity contribution in [1.29, 1.82) is 0 Å². The van der Waals surface area contributed by atoms with Crippen LogP contribution in [0.5, 0.6) is 5.75 Å². The minimum absolute atomic E-state index is 0.110. The summed E-state index contributed by atoms with van der Waals surface area (Å²) in [5.41, 5.74) is 0.618. The molecule has 1 aromatic heterocycles. The zero-order chi connectivity index (χ0) is 13.1. The third kappa shape index (κ3) is 2.38. The maximum atomic E-state index is 13.3. The van der Waals surface area contributed by atoms with E-state index in [4.69, 9.17) is 9.15 Å². The molecule has 4 heteroatoms. The Morgan fingerprint density at radius 1 is 1.28 bits per heavy atom. The molecule has 0 aliphatic rings. The molecule has 0 bridgehead atoms. The summed E-state index contributed by atoms with van der Waals surface area (Å²) in [5, 5.41) is 3.09. The van der Waals surface area contributed by atoms with Crippen LogP contribution in [0.15, 0.2) is 34.7 Å². The number of nitrogens with one attached hydrogen (secondary N) is 1. The molecule has 1 atom stereocenters. The Balaban J connectivity index is 2.42. The summed E-state index contributed by atoms with van der Waals surface area (Å²) in [5.74, 6) is 1.68. The van der Waals surface area contributed by atoms with Gasteiger partial charge in [0.15, 0.2) is 0 Å². The molecule has 18 heavy (non-hydrogen) atoms. The van der Waals surface area contributed by atoms with Gasteiger partial charge in [-0.15, -0.1) is 0 Å². The Bertz CT molecular complexity index is 536. The molecule has 0 saturated heterocycles. The average molecular weight is 249 g/mol. The first-order chi connectivity index (χ1) is 8.65. The summed E-state index contributed by atoms with van der Waals surface area (Å²) < 4.78 is 24.2. The highest BCUT2D eigenvalue weighted by Gasteiger charge is 2.13. The van der Waals surface area contributed by atoms with E-state index >= 15 is 0 Å². The van der Waals surface area contributed by atoms with E-state index < -0.39 is 0 Å². The number of methoxy groups -OCH3 is 1. The van der Waals surface area contributed by atoms with Gasteiger partial charge in [0.25, 0.3) is 0 Å². The molecular weight excluding hydrogens is 233 g/mol. The van der Waals surface area contributed by atoms with Crippen LogP contribution in [0.2, 0.25) is 0 Å². The first-order valence-corrected chi connectivity index (χ1v) is 5.76. The van der Waals surface area contributed by atoms with Crippen molar-refractivity contribution in [2.75, 3.05) is 14.2 Å².